The van der Waals surface area contributed by atoms with Crippen molar-refractivity contribution >= 4 is 5.96 Å². The fourth-order valence-electron chi connectivity index (χ4n) is 2.90. The zero-order valence-electron chi connectivity index (χ0n) is 15.5. The van der Waals surface area contributed by atoms with E-state index in [0.717, 1.165) is 75.4 Å². The van der Waals surface area contributed by atoms with Gasteiger partial charge in [-0.15, -0.1) is 0 Å². The lowest BCUT2D eigenvalue weighted by Gasteiger charge is -2.12. The first-order valence-electron chi connectivity index (χ1n) is 9.41. The topological polar surface area (TPSA) is 73.3 Å². The minimum atomic E-state index is 0.294. The zero-order chi connectivity index (χ0) is 18.0. The molecule has 0 saturated carbocycles. The average Bonchev–Trinajstić information content (AvgIpc) is 3.33. The van der Waals surface area contributed by atoms with Gasteiger partial charge in [0.25, 0.3) is 0 Å². The Kier molecular flexibility index (Phi) is 7.39. The normalized spacial score (nSPS) is 19.0. The molecule has 144 valence electrons. The summed E-state index contributed by atoms with van der Waals surface area (Å²) in [6, 6.07) is 5.93. The SMILES string of the molecule is CCNC(=NCc1ccc2c(c1)OCO2)NCCCOCC1CCOC1. The summed E-state index contributed by atoms with van der Waals surface area (Å²) in [4.78, 5) is 4.63. The van der Waals surface area contributed by atoms with Gasteiger partial charge in [-0.1, -0.05) is 6.07 Å². The van der Waals surface area contributed by atoms with E-state index in [9.17, 15) is 0 Å². The van der Waals surface area contributed by atoms with Crippen molar-refractivity contribution in [1.82, 2.24) is 10.6 Å². The van der Waals surface area contributed by atoms with E-state index in [4.69, 9.17) is 18.9 Å². The molecule has 0 bridgehead atoms. The fraction of sp³-hybridized carbons (Fsp3) is 0.632. The summed E-state index contributed by atoms with van der Waals surface area (Å²) >= 11 is 0. The monoisotopic (exact) mass is 363 g/mol. The van der Waals surface area contributed by atoms with Gasteiger partial charge in [-0.3, -0.25) is 0 Å². The molecular weight excluding hydrogens is 334 g/mol. The van der Waals surface area contributed by atoms with E-state index in [-0.39, 0.29) is 0 Å². The van der Waals surface area contributed by atoms with Crippen LogP contribution in [0.5, 0.6) is 11.5 Å². The highest BCUT2D eigenvalue weighted by Gasteiger charge is 2.15. The molecule has 26 heavy (non-hydrogen) atoms. The van der Waals surface area contributed by atoms with E-state index < -0.39 is 0 Å². The molecule has 1 unspecified atom stereocenters. The molecule has 3 rings (SSSR count). The van der Waals surface area contributed by atoms with Crippen LogP contribution in [0.15, 0.2) is 23.2 Å². The third-order valence-electron chi connectivity index (χ3n) is 4.34. The second-order valence-corrected chi connectivity index (χ2v) is 6.47. The molecule has 0 radical (unpaired) electrons. The van der Waals surface area contributed by atoms with E-state index in [1.807, 2.05) is 18.2 Å². The first-order valence-corrected chi connectivity index (χ1v) is 9.41. The number of hydrogen-bond donors (Lipinski definition) is 2. The van der Waals surface area contributed by atoms with Crippen LogP contribution in [-0.4, -0.2) is 52.3 Å². The van der Waals surface area contributed by atoms with Crippen molar-refractivity contribution in [2.75, 3.05) is 46.3 Å². The van der Waals surface area contributed by atoms with Crippen LogP contribution in [0.2, 0.25) is 0 Å². The molecular formula is C19H29N3O4. The number of hydrogen-bond acceptors (Lipinski definition) is 5. The molecule has 1 saturated heterocycles. The molecule has 0 spiro atoms. The molecule has 0 amide bonds. The summed E-state index contributed by atoms with van der Waals surface area (Å²) in [5, 5.41) is 6.62. The lowest BCUT2D eigenvalue weighted by Crippen LogP contribution is -2.38. The predicted octanol–water partition coefficient (Wildman–Crippen LogP) is 1.91. The molecule has 2 aliphatic heterocycles. The van der Waals surface area contributed by atoms with Gasteiger partial charge in [0.2, 0.25) is 6.79 Å². The number of nitrogens with zero attached hydrogens (tertiary/aromatic N) is 1. The molecule has 1 atom stereocenters. The van der Waals surface area contributed by atoms with E-state index in [1.165, 1.54) is 0 Å². The van der Waals surface area contributed by atoms with Gasteiger partial charge < -0.3 is 29.6 Å². The Labute approximate surface area is 155 Å². The summed E-state index contributed by atoms with van der Waals surface area (Å²) < 4.78 is 21.8. The summed E-state index contributed by atoms with van der Waals surface area (Å²) in [6.45, 7) is 7.87. The first kappa shape index (κ1) is 18.8. The molecule has 1 fully saturated rings. The van der Waals surface area contributed by atoms with Gasteiger partial charge in [0.05, 0.1) is 19.8 Å². The molecule has 7 heteroatoms. The van der Waals surface area contributed by atoms with Crippen molar-refractivity contribution < 1.29 is 18.9 Å². The Balaban J connectivity index is 1.36. The maximum Gasteiger partial charge on any atom is 0.231 e. The summed E-state index contributed by atoms with van der Waals surface area (Å²) in [5.41, 5.74) is 1.09. The Morgan fingerprint density at radius 1 is 1.27 bits per heavy atom. The van der Waals surface area contributed by atoms with Crippen LogP contribution in [0.3, 0.4) is 0 Å². The van der Waals surface area contributed by atoms with Crippen molar-refractivity contribution in [2.24, 2.45) is 10.9 Å². The second-order valence-electron chi connectivity index (χ2n) is 6.47. The van der Waals surface area contributed by atoms with E-state index >= 15 is 0 Å². The van der Waals surface area contributed by atoms with Gasteiger partial charge in [0.15, 0.2) is 17.5 Å². The zero-order valence-corrected chi connectivity index (χ0v) is 15.5. The fourth-order valence-corrected chi connectivity index (χ4v) is 2.90. The molecule has 2 N–H and O–H groups in total. The highest BCUT2D eigenvalue weighted by atomic mass is 16.7. The number of guanidine groups is 1. The number of rotatable bonds is 9. The lowest BCUT2D eigenvalue weighted by molar-refractivity contribution is 0.0888. The Morgan fingerprint density at radius 3 is 3.04 bits per heavy atom. The third-order valence-corrected chi connectivity index (χ3v) is 4.34. The number of fused-ring (bicyclic) bond motifs is 1. The number of nitrogens with one attached hydrogen (secondary N) is 2. The number of benzene rings is 1. The maximum absolute atomic E-state index is 5.73. The summed E-state index contributed by atoms with van der Waals surface area (Å²) in [6.07, 6.45) is 2.07. The van der Waals surface area contributed by atoms with E-state index in [1.54, 1.807) is 0 Å². The van der Waals surface area contributed by atoms with E-state index in [2.05, 4.69) is 22.5 Å². The standard InChI is InChI=1S/C19H29N3O4/c1-2-20-19(21-7-3-8-23-12-16-6-9-24-13-16)22-11-15-4-5-17-18(10-15)26-14-25-17/h4-5,10,16H,2-3,6-9,11-14H2,1H3,(H2,20,21,22). The molecule has 1 aromatic rings. The van der Waals surface area contributed by atoms with Crippen molar-refractivity contribution in [3.63, 3.8) is 0 Å². The van der Waals surface area contributed by atoms with E-state index in [0.29, 0.717) is 19.3 Å². The van der Waals surface area contributed by atoms with Gasteiger partial charge in [-0.25, -0.2) is 4.99 Å². The van der Waals surface area contributed by atoms with Gasteiger partial charge in [-0.2, -0.15) is 0 Å². The second kappa shape index (κ2) is 10.2. The first-order chi connectivity index (χ1) is 12.8. The summed E-state index contributed by atoms with van der Waals surface area (Å²) in [7, 11) is 0. The van der Waals surface area contributed by atoms with Crippen LogP contribution in [0.1, 0.15) is 25.3 Å². The van der Waals surface area contributed by atoms with Crippen molar-refractivity contribution in [3.05, 3.63) is 23.8 Å². The quantitative estimate of drug-likeness (QED) is 0.397. The summed E-state index contributed by atoms with van der Waals surface area (Å²) in [5.74, 6) is 2.98. The molecule has 7 nitrogen and oxygen atoms in total. The van der Waals surface area contributed by atoms with Crippen molar-refractivity contribution in [2.45, 2.75) is 26.3 Å². The van der Waals surface area contributed by atoms with Crippen LogP contribution < -0.4 is 20.1 Å². The van der Waals surface area contributed by atoms with Crippen LogP contribution in [0.25, 0.3) is 0 Å². The van der Waals surface area contributed by atoms with Crippen molar-refractivity contribution in [3.8, 4) is 11.5 Å². The third kappa shape index (κ3) is 5.78. The maximum atomic E-state index is 5.73. The van der Waals surface area contributed by atoms with Crippen molar-refractivity contribution in [1.29, 1.82) is 0 Å². The lowest BCUT2D eigenvalue weighted by atomic mass is 10.1. The smallest absolute Gasteiger partial charge is 0.231 e. The minimum absolute atomic E-state index is 0.294. The Morgan fingerprint density at radius 2 is 2.19 bits per heavy atom. The molecule has 2 heterocycles. The van der Waals surface area contributed by atoms with Crippen LogP contribution in [-0.2, 0) is 16.0 Å². The molecule has 0 aromatic heterocycles. The molecule has 1 aromatic carbocycles. The average molecular weight is 363 g/mol. The van der Waals surface area contributed by atoms with Gasteiger partial charge in [0, 0.05) is 32.2 Å². The number of ether oxygens (including phenoxy) is 4. The van der Waals surface area contributed by atoms with Gasteiger partial charge in [0.1, 0.15) is 0 Å². The molecule has 0 aliphatic carbocycles. The van der Waals surface area contributed by atoms with Gasteiger partial charge >= 0.3 is 0 Å². The number of aliphatic imine (C=N–C) groups is 1. The van der Waals surface area contributed by atoms with Crippen LogP contribution >= 0.6 is 0 Å². The highest BCUT2D eigenvalue weighted by Crippen LogP contribution is 2.32. The highest BCUT2D eigenvalue weighted by molar-refractivity contribution is 5.79. The van der Waals surface area contributed by atoms with Crippen LogP contribution in [0.4, 0.5) is 0 Å². The molecule has 2 aliphatic rings. The predicted molar refractivity (Wildman–Crippen MR) is 99.7 cm³/mol. The largest absolute Gasteiger partial charge is 0.454 e. The minimum Gasteiger partial charge on any atom is -0.454 e. The Bertz CT molecular complexity index is 588. The van der Waals surface area contributed by atoms with Crippen LogP contribution in [0, 0.1) is 5.92 Å². The Hall–Kier alpha value is -1.99. The van der Waals surface area contributed by atoms with Gasteiger partial charge in [-0.05, 0) is 37.5 Å².